The number of rotatable bonds is 6. The van der Waals surface area contributed by atoms with Crippen molar-refractivity contribution in [2.75, 3.05) is 24.4 Å². The first-order valence-electron chi connectivity index (χ1n) is 7.92. The Bertz CT molecular complexity index is 861. The Kier molecular flexibility index (Phi) is 6.65. The number of hydrogen-bond donors (Lipinski definition) is 2. The standard InChI is InChI=1S/C19H18N2O6/c1-12(22)20-14-9-7-13(8-10-14)18(24)27-11-17(23)21-16-6-4-3-5-15(16)19(25)26-2/h3-10H,11H2,1-2H3,(H,20,22)(H,21,23). The van der Waals surface area contributed by atoms with Crippen LogP contribution in [0.4, 0.5) is 11.4 Å². The molecule has 2 rings (SSSR count). The molecule has 0 aliphatic carbocycles. The van der Waals surface area contributed by atoms with Crippen molar-refractivity contribution in [1.29, 1.82) is 0 Å². The minimum absolute atomic E-state index is 0.188. The predicted octanol–water partition coefficient (Wildman–Crippen LogP) is 2.23. The third kappa shape index (κ3) is 5.67. The van der Waals surface area contributed by atoms with Crippen LogP contribution in [0, 0.1) is 0 Å². The van der Waals surface area contributed by atoms with Gasteiger partial charge in [0.25, 0.3) is 5.91 Å². The maximum atomic E-state index is 12.0. The number of anilines is 2. The zero-order valence-electron chi connectivity index (χ0n) is 14.8. The zero-order chi connectivity index (χ0) is 19.8. The lowest BCUT2D eigenvalue weighted by Crippen LogP contribution is -2.22. The maximum Gasteiger partial charge on any atom is 0.339 e. The number of carbonyl (C=O) groups is 4. The Morgan fingerprint density at radius 3 is 2.19 bits per heavy atom. The van der Waals surface area contributed by atoms with Crippen molar-refractivity contribution in [3.8, 4) is 0 Å². The van der Waals surface area contributed by atoms with Crippen molar-refractivity contribution in [3.05, 3.63) is 59.7 Å². The number of carbonyl (C=O) groups excluding carboxylic acids is 4. The summed E-state index contributed by atoms with van der Waals surface area (Å²) >= 11 is 0. The minimum atomic E-state index is -0.694. The van der Waals surface area contributed by atoms with Gasteiger partial charge in [0.2, 0.25) is 5.91 Å². The molecule has 0 spiro atoms. The fraction of sp³-hybridized carbons (Fsp3) is 0.158. The van der Waals surface area contributed by atoms with Gasteiger partial charge in [-0.3, -0.25) is 9.59 Å². The number of benzene rings is 2. The monoisotopic (exact) mass is 370 g/mol. The molecule has 0 saturated heterocycles. The lowest BCUT2D eigenvalue weighted by molar-refractivity contribution is -0.119. The molecule has 8 heteroatoms. The zero-order valence-corrected chi connectivity index (χ0v) is 14.8. The highest BCUT2D eigenvalue weighted by Crippen LogP contribution is 2.16. The van der Waals surface area contributed by atoms with Gasteiger partial charge < -0.3 is 20.1 Å². The molecule has 0 heterocycles. The first kappa shape index (κ1) is 19.6. The van der Waals surface area contributed by atoms with E-state index in [9.17, 15) is 19.2 Å². The highest BCUT2D eigenvalue weighted by atomic mass is 16.5. The van der Waals surface area contributed by atoms with Crippen LogP contribution in [0.2, 0.25) is 0 Å². The van der Waals surface area contributed by atoms with Crippen LogP contribution in [-0.4, -0.2) is 37.5 Å². The topological polar surface area (TPSA) is 111 Å². The van der Waals surface area contributed by atoms with Gasteiger partial charge in [-0.15, -0.1) is 0 Å². The molecule has 0 saturated carbocycles. The second-order valence-electron chi connectivity index (χ2n) is 5.42. The van der Waals surface area contributed by atoms with Crippen molar-refractivity contribution in [3.63, 3.8) is 0 Å². The smallest absolute Gasteiger partial charge is 0.339 e. The SMILES string of the molecule is COC(=O)c1ccccc1NC(=O)COC(=O)c1ccc(NC(C)=O)cc1. The molecule has 0 aliphatic heterocycles. The number of hydrogen-bond acceptors (Lipinski definition) is 6. The number of para-hydroxylation sites is 1. The van der Waals surface area contributed by atoms with E-state index in [1.165, 1.54) is 38.3 Å². The summed E-state index contributed by atoms with van der Waals surface area (Å²) in [5.41, 5.74) is 1.21. The van der Waals surface area contributed by atoms with Crippen LogP contribution >= 0.6 is 0 Å². The van der Waals surface area contributed by atoms with E-state index in [4.69, 9.17) is 4.74 Å². The van der Waals surface area contributed by atoms with E-state index in [0.717, 1.165) is 0 Å². The highest BCUT2D eigenvalue weighted by Gasteiger charge is 2.15. The highest BCUT2D eigenvalue weighted by molar-refractivity contribution is 6.02. The van der Waals surface area contributed by atoms with Crippen LogP contribution in [0.25, 0.3) is 0 Å². The average molecular weight is 370 g/mol. The number of esters is 2. The molecule has 0 unspecified atom stereocenters. The lowest BCUT2D eigenvalue weighted by atomic mass is 10.2. The lowest BCUT2D eigenvalue weighted by Gasteiger charge is -2.10. The Morgan fingerprint density at radius 2 is 1.56 bits per heavy atom. The third-order valence-electron chi connectivity index (χ3n) is 3.38. The number of amides is 2. The van der Waals surface area contributed by atoms with Gasteiger partial charge in [0.1, 0.15) is 0 Å². The Morgan fingerprint density at radius 1 is 0.889 bits per heavy atom. The number of methoxy groups -OCH3 is 1. The second-order valence-corrected chi connectivity index (χ2v) is 5.42. The van der Waals surface area contributed by atoms with E-state index in [1.54, 1.807) is 24.3 Å². The van der Waals surface area contributed by atoms with Crippen LogP contribution in [-0.2, 0) is 19.1 Å². The molecule has 0 aliphatic rings. The van der Waals surface area contributed by atoms with E-state index in [0.29, 0.717) is 5.69 Å². The Labute approximate surface area is 155 Å². The number of nitrogens with one attached hydrogen (secondary N) is 2. The minimum Gasteiger partial charge on any atom is -0.465 e. The summed E-state index contributed by atoms with van der Waals surface area (Å²) in [5, 5.41) is 5.07. The van der Waals surface area contributed by atoms with Crippen molar-refractivity contribution < 1.29 is 28.7 Å². The van der Waals surface area contributed by atoms with E-state index >= 15 is 0 Å². The normalized spacial score (nSPS) is 9.85. The summed E-state index contributed by atoms with van der Waals surface area (Å²) in [6.07, 6.45) is 0. The molecule has 2 amide bonds. The van der Waals surface area contributed by atoms with Crippen LogP contribution in [0.1, 0.15) is 27.6 Å². The largest absolute Gasteiger partial charge is 0.465 e. The Balaban J connectivity index is 1.93. The molecular weight excluding hydrogens is 352 g/mol. The third-order valence-corrected chi connectivity index (χ3v) is 3.38. The Hall–Kier alpha value is -3.68. The van der Waals surface area contributed by atoms with Gasteiger partial charge in [-0.1, -0.05) is 12.1 Å². The second kappa shape index (κ2) is 9.14. The van der Waals surface area contributed by atoms with Crippen LogP contribution in [0.15, 0.2) is 48.5 Å². The summed E-state index contributed by atoms with van der Waals surface area (Å²) in [5.74, 6) is -2.12. The first-order chi connectivity index (χ1) is 12.9. The van der Waals surface area contributed by atoms with E-state index in [1.807, 2.05) is 0 Å². The van der Waals surface area contributed by atoms with Gasteiger partial charge in [-0.25, -0.2) is 9.59 Å². The first-order valence-corrected chi connectivity index (χ1v) is 7.92. The summed E-state index contributed by atoms with van der Waals surface area (Å²) in [6, 6.07) is 12.3. The molecule has 2 aromatic rings. The molecule has 0 atom stereocenters. The van der Waals surface area contributed by atoms with Gasteiger partial charge in [0.15, 0.2) is 6.61 Å². The van der Waals surface area contributed by atoms with Gasteiger partial charge in [0.05, 0.1) is 23.9 Å². The summed E-state index contributed by atoms with van der Waals surface area (Å²) in [6.45, 7) is 0.848. The van der Waals surface area contributed by atoms with Crippen molar-refractivity contribution in [2.24, 2.45) is 0 Å². The number of ether oxygens (including phenoxy) is 2. The van der Waals surface area contributed by atoms with Crippen LogP contribution < -0.4 is 10.6 Å². The average Bonchev–Trinajstić information content (AvgIpc) is 2.66. The van der Waals surface area contributed by atoms with Gasteiger partial charge in [-0.05, 0) is 36.4 Å². The van der Waals surface area contributed by atoms with Crippen molar-refractivity contribution in [2.45, 2.75) is 6.92 Å². The molecule has 2 N–H and O–H groups in total. The van der Waals surface area contributed by atoms with Gasteiger partial charge in [0, 0.05) is 12.6 Å². The molecule has 0 bridgehead atoms. The molecule has 0 radical (unpaired) electrons. The van der Waals surface area contributed by atoms with Crippen LogP contribution in [0.5, 0.6) is 0 Å². The summed E-state index contributed by atoms with van der Waals surface area (Å²) in [4.78, 5) is 46.6. The van der Waals surface area contributed by atoms with Crippen molar-refractivity contribution in [1.82, 2.24) is 0 Å². The molecule has 27 heavy (non-hydrogen) atoms. The van der Waals surface area contributed by atoms with E-state index < -0.39 is 24.5 Å². The van der Waals surface area contributed by atoms with E-state index in [2.05, 4.69) is 15.4 Å². The fourth-order valence-electron chi connectivity index (χ4n) is 2.17. The molecule has 0 aromatic heterocycles. The summed E-state index contributed by atoms with van der Waals surface area (Å²) < 4.78 is 9.60. The fourth-order valence-corrected chi connectivity index (χ4v) is 2.17. The molecule has 140 valence electrons. The van der Waals surface area contributed by atoms with Gasteiger partial charge in [-0.2, -0.15) is 0 Å². The summed E-state index contributed by atoms with van der Waals surface area (Å²) in [7, 11) is 1.24. The quantitative estimate of drug-likeness (QED) is 0.755. The predicted molar refractivity (Wildman–Crippen MR) is 97.4 cm³/mol. The van der Waals surface area contributed by atoms with Crippen molar-refractivity contribution >= 4 is 35.1 Å². The molecular formula is C19H18N2O6. The molecule has 0 fully saturated rings. The molecule has 8 nitrogen and oxygen atoms in total. The van der Waals surface area contributed by atoms with Gasteiger partial charge >= 0.3 is 11.9 Å². The van der Waals surface area contributed by atoms with Crippen LogP contribution in [0.3, 0.4) is 0 Å². The van der Waals surface area contributed by atoms with E-state index in [-0.39, 0.29) is 22.7 Å². The molecule has 2 aromatic carbocycles. The maximum absolute atomic E-state index is 12.0.